The van der Waals surface area contributed by atoms with E-state index in [-0.39, 0.29) is 82.2 Å². The SMILES string of the molecule is [2H]c1c([2H])c([2H])c(N(c2[c-]c(-c3nnc(C(F)(F)F)c4cc5ccccc5cc34)ccc2)c2[c-]c(-c3nnc(C(F)(F)F)c4cc5ccccc5cc34)ccc2)c([2H])c1[2H].[Pt+2]. The third-order valence-corrected chi connectivity index (χ3v) is 9.09. The second-order valence-corrected chi connectivity index (χ2v) is 12.5. The minimum atomic E-state index is -4.84. The average molecular weight is 936 g/mol. The molecule has 7 aromatic carbocycles. The Labute approximate surface area is 336 Å². The number of fused-ring (bicyclic) bond motifs is 4. The van der Waals surface area contributed by atoms with Crippen molar-refractivity contribution in [2.75, 3.05) is 4.90 Å². The molecule has 12 heteroatoms. The number of hydrogen-bond acceptors (Lipinski definition) is 5. The fourth-order valence-electron chi connectivity index (χ4n) is 6.67. The van der Waals surface area contributed by atoms with Crippen LogP contribution in [0.2, 0.25) is 0 Å². The number of rotatable bonds is 5. The van der Waals surface area contributed by atoms with Gasteiger partial charge in [0.15, 0.2) is 11.4 Å². The van der Waals surface area contributed by atoms with Crippen LogP contribution in [-0.2, 0) is 33.4 Å². The Kier molecular flexibility index (Phi) is 7.85. The molecule has 5 nitrogen and oxygen atoms in total. The van der Waals surface area contributed by atoms with Crippen LogP contribution in [0.3, 0.4) is 0 Å². The summed E-state index contributed by atoms with van der Waals surface area (Å²) in [4.78, 5) is 1.26. The summed E-state index contributed by atoms with van der Waals surface area (Å²) in [7, 11) is 0. The molecule has 56 heavy (non-hydrogen) atoms. The normalized spacial score (nSPS) is 13.2. The zero-order chi connectivity index (χ0) is 42.2. The van der Waals surface area contributed by atoms with Crippen molar-refractivity contribution < 1.29 is 54.3 Å². The number of alkyl halides is 6. The molecular weight excluding hydrogens is 908 g/mol. The first-order chi connectivity index (χ1) is 28.6. The van der Waals surface area contributed by atoms with Crippen molar-refractivity contribution in [3.8, 4) is 22.5 Å². The molecule has 0 radical (unpaired) electrons. The quantitative estimate of drug-likeness (QED) is 0.0978. The van der Waals surface area contributed by atoms with Crippen LogP contribution in [0, 0.1) is 12.1 Å². The van der Waals surface area contributed by atoms with Gasteiger partial charge in [-0.3, -0.25) is 0 Å². The van der Waals surface area contributed by atoms with E-state index in [1.54, 1.807) is 60.7 Å². The van der Waals surface area contributed by atoms with E-state index in [2.05, 4.69) is 32.5 Å². The molecule has 0 amide bonds. The van der Waals surface area contributed by atoms with E-state index in [0.717, 1.165) is 0 Å². The molecular formula is C44H23F6N5Pt. The van der Waals surface area contributed by atoms with Gasteiger partial charge in [-0.1, -0.05) is 78.8 Å². The summed E-state index contributed by atoms with van der Waals surface area (Å²) in [6.07, 6.45) is -9.68. The van der Waals surface area contributed by atoms with E-state index in [4.69, 9.17) is 6.85 Å². The summed E-state index contributed by atoms with van der Waals surface area (Å²) >= 11 is 0. The maximum absolute atomic E-state index is 14.3. The van der Waals surface area contributed by atoms with E-state index in [9.17, 15) is 26.3 Å². The summed E-state index contributed by atoms with van der Waals surface area (Å²) in [5, 5.41) is 17.3. The maximum atomic E-state index is 14.3. The molecule has 2 aromatic heterocycles. The van der Waals surface area contributed by atoms with E-state index < -0.39 is 54.0 Å². The smallest absolute Gasteiger partial charge is 0.346 e. The van der Waals surface area contributed by atoms with Crippen LogP contribution in [0.25, 0.3) is 65.6 Å². The Bertz CT molecular complexity index is 3030. The first-order valence-electron chi connectivity index (χ1n) is 19.1. The largest absolute Gasteiger partial charge is 2.00 e. The molecule has 0 bridgehead atoms. The van der Waals surface area contributed by atoms with Crippen LogP contribution in [0.5, 0.6) is 0 Å². The van der Waals surface area contributed by atoms with E-state index >= 15 is 0 Å². The number of para-hydroxylation sites is 1. The molecule has 2 heterocycles. The van der Waals surface area contributed by atoms with Gasteiger partial charge in [0.05, 0.1) is 6.85 Å². The topological polar surface area (TPSA) is 54.8 Å². The minimum Gasteiger partial charge on any atom is -0.346 e. The Balaban J connectivity index is 0.00000514. The van der Waals surface area contributed by atoms with E-state index in [1.807, 2.05) is 0 Å². The van der Waals surface area contributed by atoms with Crippen LogP contribution >= 0.6 is 0 Å². The van der Waals surface area contributed by atoms with Gasteiger partial charge in [-0.2, -0.15) is 46.7 Å². The first kappa shape index (κ1) is 31.1. The zero-order valence-corrected chi connectivity index (χ0v) is 30.5. The maximum Gasteiger partial charge on any atom is 2.00 e. The number of hydrogen-bond donors (Lipinski definition) is 0. The standard InChI is InChI=1S/C44H23F6N5.Pt/c45-43(46,47)41-37-24-28-12-6-4-10-26(28)22-35(37)39(51-53-41)30-14-8-18-33(20-30)55(32-16-2-1-3-17-32)34-19-9-15-31(21-34)40-36-23-27-11-5-7-13-29(27)25-38(36)42(54-52-40)44(48,49)50;/h1-19,22-25H;/q-2;+2/i1D,2D,3D,16D,17D;. The number of nitrogens with zero attached hydrogens (tertiary/aromatic N) is 5. The fourth-order valence-corrected chi connectivity index (χ4v) is 6.67. The van der Waals surface area contributed by atoms with Crippen molar-refractivity contribution in [1.82, 2.24) is 20.4 Å². The third-order valence-electron chi connectivity index (χ3n) is 9.09. The van der Waals surface area contributed by atoms with Gasteiger partial charge in [-0.15, -0.1) is 59.7 Å². The predicted octanol–water partition coefficient (Wildman–Crippen LogP) is 12.3. The van der Waals surface area contributed by atoms with Crippen LogP contribution in [0.1, 0.15) is 18.2 Å². The van der Waals surface area contributed by atoms with Gasteiger partial charge in [0.25, 0.3) is 0 Å². The molecule has 0 fully saturated rings. The number of aromatic nitrogens is 4. The molecule has 0 atom stereocenters. The van der Waals surface area contributed by atoms with Crippen molar-refractivity contribution in [3.63, 3.8) is 0 Å². The van der Waals surface area contributed by atoms with Crippen LogP contribution in [0.4, 0.5) is 43.4 Å². The zero-order valence-electron chi connectivity index (χ0n) is 33.2. The molecule has 0 N–H and O–H groups in total. The Morgan fingerprint density at radius 3 is 1.27 bits per heavy atom. The third kappa shape index (κ3) is 6.62. The van der Waals surface area contributed by atoms with Gasteiger partial charge in [0.1, 0.15) is 0 Å². The molecule has 0 unspecified atom stereocenters. The van der Waals surface area contributed by atoms with Crippen molar-refractivity contribution in [2.24, 2.45) is 0 Å². The van der Waals surface area contributed by atoms with Crippen molar-refractivity contribution in [2.45, 2.75) is 12.4 Å². The van der Waals surface area contributed by atoms with Crippen LogP contribution in [0.15, 0.2) is 139 Å². The molecule has 0 saturated carbocycles. The van der Waals surface area contributed by atoms with Crippen LogP contribution in [-0.4, -0.2) is 20.4 Å². The average Bonchev–Trinajstić information content (AvgIpc) is 3.23. The molecule has 0 aliphatic heterocycles. The number of halogens is 6. The van der Waals surface area contributed by atoms with E-state index in [1.165, 1.54) is 53.4 Å². The Morgan fingerprint density at radius 1 is 0.482 bits per heavy atom. The van der Waals surface area contributed by atoms with Crippen molar-refractivity contribution in [1.29, 1.82) is 0 Å². The summed E-state index contributed by atoms with van der Waals surface area (Å²) in [6.45, 7) is 0. The molecule has 9 aromatic rings. The summed E-state index contributed by atoms with van der Waals surface area (Å²) in [5.41, 5.74) is -2.31. The van der Waals surface area contributed by atoms with Crippen LogP contribution < -0.4 is 4.90 Å². The second kappa shape index (κ2) is 14.1. The van der Waals surface area contributed by atoms with Gasteiger partial charge < -0.3 is 4.90 Å². The summed E-state index contributed by atoms with van der Waals surface area (Å²) < 4.78 is 129. The van der Waals surface area contributed by atoms with Gasteiger partial charge in [0.2, 0.25) is 0 Å². The minimum absolute atomic E-state index is 0. The monoisotopic (exact) mass is 935 g/mol. The molecule has 9 rings (SSSR count). The molecule has 276 valence electrons. The Hall–Kier alpha value is -6.19. The number of benzene rings is 7. The predicted molar refractivity (Wildman–Crippen MR) is 201 cm³/mol. The van der Waals surface area contributed by atoms with Gasteiger partial charge in [-0.25, -0.2) is 0 Å². The second-order valence-electron chi connectivity index (χ2n) is 12.5. The number of anilines is 3. The molecule has 0 aliphatic carbocycles. The van der Waals surface area contributed by atoms with Gasteiger partial charge in [-0.05, 0) is 67.9 Å². The first-order valence-corrected chi connectivity index (χ1v) is 16.6. The molecule has 0 saturated heterocycles. The van der Waals surface area contributed by atoms with Crippen molar-refractivity contribution in [3.05, 3.63) is 163 Å². The fraction of sp³-hybridized carbons (Fsp3) is 0.0455. The van der Waals surface area contributed by atoms with E-state index in [0.29, 0.717) is 21.5 Å². The molecule has 0 spiro atoms. The Morgan fingerprint density at radius 2 is 0.875 bits per heavy atom. The summed E-state index contributed by atoms with van der Waals surface area (Å²) in [5.74, 6) is 0. The molecule has 0 aliphatic rings. The summed E-state index contributed by atoms with van der Waals surface area (Å²) in [6, 6.07) is 31.7. The van der Waals surface area contributed by atoms with Crippen molar-refractivity contribution >= 4 is 60.2 Å². The van der Waals surface area contributed by atoms with Gasteiger partial charge in [0, 0.05) is 27.8 Å². The van der Waals surface area contributed by atoms with Gasteiger partial charge >= 0.3 is 33.4 Å².